The molecule has 2 N–H and O–H groups in total. The zero-order valence-corrected chi connectivity index (χ0v) is 6.73. The van der Waals surface area contributed by atoms with E-state index in [0.717, 1.165) is 13.1 Å². The Balaban J connectivity index is 0.000000605. The Morgan fingerprint density at radius 3 is 2.73 bits per heavy atom. The average molecular weight is 176 g/mol. The number of fused-ring (bicyclic) bond motifs is 1. The fourth-order valence-corrected chi connectivity index (χ4v) is 1.65. The molecule has 1 unspecified atom stereocenters. The van der Waals surface area contributed by atoms with Gasteiger partial charge in [0, 0.05) is 31.0 Å². The van der Waals surface area contributed by atoms with E-state index >= 15 is 0 Å². The third-order valence-electron chi connectivity index (χ3n) is 2.25. The summed E-state index contributed by atoms with van der Waals surface area (Å²) in [6.45, 7) is 1.47. The van der Waals surface area contributed by atoms with Crippen molar-refractivity contribution in [2.45, 2.75) is 0 Å². The molecule has 2 aliphatic rings. The highest BCUT2D eigenvalue weighted by molar-refractivity contribution is 5.95. The Kier molecular flexibility index (Phi) is 2.20. The van der Waals surface area contributed by atoms with Gasteiger partial charge in [-0.05, 0) is 0 Å². The second-order valence-corrected chi connectivity index (χ2v) is 2.84. The minimum Gasteiger partial charge on any atom is -0.512 e. The molecule has 3 nitrogen and oxygen atoms in total. The van der Waals surface area contributed by atoms with Gasteiger partial charge in [-0.25, -0.2) is 0 Å². The minimum absolute atomic E-state index is 0. The topological polar surface area (TPSA) is 49.3 Å². The molecule has 1 saturated heterocycles. The van der Waals surface area contributed by atoms with Crippen molar-refractivity contribution >= 4 is 18.2 Å². The van der Waals surface area contributed by atoms with Crippen molar-refractivity contribution in [3.63, 3.8) is 0 Å². The lowest BCUT2D eigenvalue weighted by Crippen LogP contribution is -2.15. The van der Waals surface area contributed by atoms with Crippen LogP contribution in [0.1, 0.15) is 0 Å². The highest BCUT2D eigenvalue weighted by Crippen LogP contribution is 2.29. The maximum Gasteiger partial charge on any atom is 0.164 e. The molecule has 0 aromatic rings. The van der Waals surface area contributed by atoms with Gasteiger partial charge < -0.3 is 10.4 Å². The number of allylic oxidation sites excluding steroid dienone is 1. The first-order valence-corrected chi connectivity index (χ1v) is 3.44. The second kappa shape index (κ2) is 2.83. The van der Waals surface area contributed by atoms with Crippen LogP contribution < -0.4 is 5.32 Å². The number of rotatable bonds is 0. The van der Waals surface area contributed by atoms with Crippen LogP contribution in [-0.4, -0.2) is 24.0 Å². The molecule has 2 rings (SSSR count). The maximum atomic E-state index is 11.0. The van der Waals surface area contributed by atoms with E-state index in [9.17, 15) is 9.90 Å². The van der Waals surface area contributed by atoms with Crippen LogP contribution in [0.25, 0.3) is 0 Å². The van der Waals surface area contributed by atoms with Gasteiger partial charge in [0.05, 0.1) is 0 Å². The summed E-state index contributed by atoms with van der Waals surface area (Å²) in [7, 11) is 0. The SMILES string of the molecule is Cl.O=C1C=C(O)[C@@H]2CNCC12. The Labute approximate surface area is 70.9 Å². The molecule has 62 valence electrons. The molecule has 1 heterocycles. The van der Waals surface area contributed by atoms with Gasteiger partial charge in [-0.1, -0.05) is 0 Å². The minimum atomic E-state index is 0. The van der Waals surface area contributed by atoms with E-state index < -0.39 is 0 Å². The number of nitrogens with one attached hydrogen (secondary N) is 1. The van der Waals surface area contributed by atoms with Crippen LogP contribution in [0.15, 0.2) is 11.8 Å². The second-order valence-electron chi connectivity index (χ2n) is 2.84. The molecule has 11 heavy (non-hydrogen) atoms. The summed E-state index contributed by atoms with van der Waals surface area (Å²) >= 11 is 0. The zero-order valence-electron chi connectivity index (χ0n) is 5.91. The summed E-state index contributed by atoms with van der Waals surface area (Å²) in [4.78, 5) is 11.0. The van der Waals surface area contributed by atoms with E-state index in [2.05, 4.69) is 5.32 Å². The summed E-state index contributed by atoms with van der Waals surface area (Å²) in [6.07, 6.45) is 1.36. The van der Waals surface area contributed by atoms with E-state index in [1.54, 1.807) is 0 Å². The van der Waals surface area contributed by atoms with Gasteiger partial charge in [-0.15, -0.1) is 12.4 Å². The van der Waals surface area contributed by atoms with Gasteiger partial charge in [0.1, 0.15) is 5.76 Å². The van der Waals surface area contributed by atoms with Gasteiger partial charge in [0.25, 0.3) is 0 Å². The largest absolute Gasteiger partial charge is 0.512 e. The van der Waals surface area contributed by atoms with Crippen LogP contribution in [0.5, 0.6) is 0 Å². The van der Waals surface area contributed by atoms with Crippen molar-refractivity contribution in [3.8, 4) is 0 Å². The third kappa shape index (κ3) is 1.14. The van der Waals surface area contributed by atoms with Crippen molar-refractivity contribution in [1.82, 2.24) is 5.32 Å². The molecule has 0 aromatic heterocycles. The predicted octanol–water partition coefficient (Wildman–Crippen LogP) is 0.268. The van der Waals surface area contributed by atoms with E-state index in [1.165, 1.54) is 6.08 Å². The van der Waals surface area contributed by atoms with Crippen molar-refractivity contribution in [2.24, 2.45) is 11.8 Å². The highest BCUT2D eigenvalue weighted by Gasteiger charge is 2.39. The first-order chi connectivity index (χ1) is 4.79. The van der Waals surface area contributed by atoms with E-state index in [4.69, 9.17) is 0 Å². The zero-order chi connectivity index (χ0) is 7.14. The van der Waals surface area contributed by atoms with E-state index in [1.807, 2.05) is 0 Å². The van der Waals surface area contributed by atoms with Crippen LogP contribution >= 0.6 is 12.4 Å². The van der Waals surface area contributed by atoms with Crippen LogP contribution in [0, 0.1) is 11.8 Å². The smallest absolute Gasteiger partial charge is 0.164 e. The summed E-state index contributed by atoms with van der Waals surface area (Å²) in [5.74, 6) is 0.444. The van der Waals surface area contributed by atoms with Crippen LogP contribution in [0.2, 0.25) is 0 Å². The molecule has 0 aromatic carbocycles. The van der Waals surface area contributed by atoms with Gasteiger partial charge in [0.15, 0.2) is 5.78 Å². The van der Waals surface area contributed by atoms with Crippen LogP contribution in [0.4, 0.5) is 0 Å². The molecular formula is C7H10ClNO2. The quantitative estimate of drug-likeness (QED) is 0.556. The number of halogens is 1. The van der Waals surface area contributed by atoms with Gasteiger partial charge >= 0.3 is 0 Å². The molecular weight excluding hydrogens is 166 g/mol. The van der Waals surface area contributed by atoms with Crippen LogP contribution in [-0.2, 0) is 4.79 Å². The Morgan fingerprint density at radius 1 is 1.45 bits per heavy atom. The van der Waals surface area contributed by atoms with Crippen molar-refractivity contribution in [3.05, 3.63) is 11.8 Å². The molecule has 0 saturated carbocycles. The number of aliphatic hydroxyl groups excluding tert-OH is 1. The monoisotopic (exact) mass is 175 g/mol. The predicted molar refractivity (Wildman–Crippen MR) is 42.8 cm³/mol. The van der Waals surface area contributed by atoms with Gasteiger partial charge in [0.2, 0.25) is 0 Å². The fourth-order valence-electron chi connectivity index (χ4n) is 1.65. The van der Waals surface area contributed by atoms with Crippen molar-refractivity contribution in [1.29, 1.82) is 0 Å². The first kappa shape index (κ1) is 8.56. The Bertz CT molecular complexity index is 214. The number of carbonyl (C=O) groups is 1. The summed E-state index contributed by atoms with van der Waals surface area (Å²) < 4.78 is 0. The number of hydrogen-bond donors (Lipinski definition) is 2. The number of ketones is 1. The van der Waals surface area contributed by atoms with Crippen molar-refractivity contribution < 1.29 is 9.90 Å². The Hall–Kier alpha value is -0.540. The molecule has 1 fully saturated rings. The fraction of sp³-hybridized carbons (Fsp3) is 0.571. The molecule has 4 heteroatoms. The maximum absolute atomic E-state index is 11.0. The molecule has 0 radical (unpaired) electrons. The van der Waals surface area contributed by atoms with E-state index in [-0.39, 0.29) is 35.8 Å². The lowest BCUT2D eigenvalue weighted by Gasteiger charge is -2.04. The van der Waals surface area contributed by atoms with Crippen molar-refractivity contribution in [2.75, 3.05) is 13.1 Å². The summed E-state index contributed by atoms with van der Waals surface area (Å²) in [5, 5.41) is 12.2. The number of hydrogen-bond acceptors (Lipinski definition) is 3. The molecule has 1 aliphatic heterocycles. The lowest BCUT2D eigenvalue weighted by molar-refractivity contribution is -0.117. The van der Waals surface area contributed by atoms with E-state index in [0.29, 0.717) is 0 Å². The first-order valence-electron chi connectivity index (χ1n) is 3.44. The highest BCUT2D eigenvalue weighted by atomic mass is 35.5. The number of carbonyl (C=O) groups excluding carboxylic acids is 1. The summed E-state index contributed by atoms with van der Waals surface area (Å²) in [5.41, 5.74) is 0. The molecule has 0 amide bonds. The van der Waals surface area contributed by atoms with Gasteiger partial charge in [-0.3, -0.25) is 4.79 Å². The molecule has 0 bridgehead atoms. The normalized spacial score (nSPS) is 34.5. The average Bonchev–Trinajstić information content (AvgIpc) is 2.39. The standard InChI is InChI=1S/C7H9NO2.ClH/c9-6-1-7(10)5-3-8-2-4(5)6;/h1,4-5,8-9H,2-3H2;1H/t4-,5?;/m1./s1. The van der Waals surface area contributed by atoms with Gasteiger partial charge in [-0.2, -0.15) is 0 Å². The van der Waals surface area contributed by atoms with Crippen LogP contribution in [0.3, 0.4) is 0 Å². The number of aliphatic hydroxyl groups is 1. The summed E-state index contributed by atoms with van der Waals surface area (Å²) in [6, 6.07) is 0. The molecule has 1 aliphatic carbocycles. The molecule has 0 spiro atoms. The third-order valence-corrected chi connectivity index (χ3v) is 2.25. The molecule has 2 atom stereocenters. The lowest BCUT2D eigenvalue weighted by atomic mass is 9.98. The Morgan fingerprint density at radius 2 is 2.09 bits per heavy atom.